The highest BCUT2D eigenvalue weighted by Gasteiger charge is 2.28. The van der Waals surface area contributed by atoms with Gasteiger partial charge >= 0.3 is 0 Å². The highest BCUT2D eigenvalue weighted by Crippen LogP contribution is 2.38. The van der Waals surface area contributed by atoms with Gasteiger partial charge in [0.1, 0.15) is 10.6 Å². The number of likely N-dealkylation sites (tertiary alicyclic amines) is 1. The van der Waals surface area contributed by atoms with E-state index < -0.39 is 10.0 Å². The summed E-state index contributed by atoms with van der Waals surface area (Å²) in [5.74, 6) is 0.280. The minimum absolute atomic E-state index is 0.0900. The molecule has 0 unspecified atom stereocenters. The molecule has 3 aromatic rings. The first-order valence-corrected chi connectivity index (χ1v) is 14.1. The van der Waals surface area contributed by atoms with Crippen molar-refractivity contribution in [2.24, 2.45) is 0 Å². The molecule has 10 heteroatoms. The van der Waals surface area contributed by atoms with Crippen LogP contribution in [0.4, 0.5) is 5.13 Å². The van der Waals surface area contributed by atoms with E-state index in [0.29, 0.717) is 25.9 Å². The number of piperidine rings is 1. The number of hydrogen-bond donors (Lipinski definition) is 2. The maximum Gasteiger partial charge on any atom is 0.244 e. The van der Waals surface area contributed by atoms with Crippen LogP contribution in [0.3, 0.4) is 0 Å². The van der Waals surface area contributed by atoms with E-state index in [4.69, 9.17) is 9.72 Å². The molecule has 0 aliphatic carbocycles. The number of nitrogens with one attached hydrogen (secondary N) is 2. The molecule has 4 rings (SSSR count). The van der Waals surface area contributed by atoms with E-state index in [1.807, 2.05) is 31.2 Å². The third-order valence-corrected chi connectivity index (χ3v) is 9.09. The van der Waals surface area contributed by atoms with Crippen molar-refractivity contribution in [1.82, 2.24) is 14.6 Å². The fourth-order valence-electron chi connectivity index (χ4n) is 4.35. The van der Waals surface area contributed by atoms with Crippen molar-refractivity contribution < 1.29 is 17.9 Å². The average Bonchev–Trinajstić information content (AvgIpc) is 3.23. The van der Waals surface area contributed by atoms with Crippen LogP contribution in [-0.4, -0.2) is 51.0 Å². The van der Waals surface area contributed by atoms with Gasteiger partial charge < -0.3 is 15.0 Å². The molecular weight excluding hydrogens is 496 g/mol. The topological polar surface area (TPSA) is 101 Å². The van der Waals surface area contributed by atoms with Crippen LogP contribution in [0.15, 0.2) is 53.4 Å². The van der Waals surface area contributed by atoms with Gasteiger partial charge in [0.15, 0.2) is 5.13 Å². The number of benzene rings is 2. The Kier molecular flexibility index (Phi) is 7.67. The second kappa shape index (κ2) is 10.6. The van der Waals surface area contributed by atoms with Gasteiger partial charge in [0.05, 0.1) is 23.2 Å². The summed E-state index contributed by atoms with van der Waals surface area (Å²) < 4.78 is 34.9. The van der Waals surface area contributed by atoms with Crippen LogP contribution in [0.5, 0.6) is 5.75 Å². The van der Waals surface area contributed by atoms with E-state index in [1.165, 1.54) is 18.4 Å². The predicted octanol–water partition coefficient (Wildman–Crippen LogP) is 4.37. The zero-order valence-corrected chi connectivity index (χ0v) is 22.6. The number of methoxy groups -OCH3 is 1. The summed E-state index contributed by atoms with van der Waals surface area (Å²) in [4.78, 5) is 18.3. The van der Waals surface area contributed by atoms with Crippen LogP contribution < -0.4 is 14.8 Å². The third kappa shape index (κ3) is 5.71. The molecule has 1 aromatic heterocycles. The number of aromatic nitrogens is 1. The molecule has 0 spiro atoms. The Bertz CT molecular complexity index is 1310. The molecule has 192 valence electrons. The van der Waals surface area contributed by atoms with Crippen LogP contribution >= 0.6 is 11.3 Å². The molecule has 0 bridgehead atoms. The van der Waals surface area contributed by atoms with Gasteiger partial charge in [-0.25, -0.2) is 18.1 Å². The minimum atomic E-state index is -3.84. The third-order valence-electron chi connectivity index (χ3n) is 6.43. The normalized spacial score (nSPS) is 15.1. The number of hydrogen-bond acceptors (Lipinski definition) is 7. The van der Waals surface area contributed by atoms with Crippen LogP contribution in [0.2, 0.25) is 0 Å². The van der Waals surface area contributed by atoms with Crippen LogP contribution in [-0.2, 0) is 20.4 Å². The molecule has 0 saturated carbocycles. The van der Waals surface area contributed by atoms with Gasteiger partial charge in [-0.3, -0.25) is 4.79 Å². The molecule has 1 aliphatic heterocycles. The molecule has 2 N–H and O–H groups in total. The van der Waals surface area contributed by atoms with E-state index in [1.54, 1.807) is 17.0 Å². The Hall–Kier alpha value is -2.95. The molecule has 8 nitrogen and oxygen atoms in total. The van der Waals surface area contributed by atoms with Crippen molar-refractivity contribution in [2.45, 2.75) is 50.1 Å². The quantitative estimate of drug-likeness (QED) is 0.400. The number of ether oxygens (including phenoxy) is 1. The zero-order chi connectivity index (χ0) is 25.9. The Morgan fingerprint density at radius 2 is 1.83 bits per heavy atom. The molecule has 2 heterocycles. The molecule has 36 heavy (non-hydrogen) atoms. The molecule has 0 atom stereocenters. The average molecular weight is 529 g/mol. The van der Waals surface area contributed by atoms with Gasteiger partial charge in [-0.05, 0) is 62.9 Å². The first-order chi connectivity index (χ1) is 17.1. The van der Waals surface area contributed by atoms with Gasteiger partial charge in [0.2, 0.25) is 16.4 Å². The molecule has 1 saturated heterocycles. The van der Waals surface area contributed by atoms with E-state index >= 15 is 0 Å². The lowest BCUT2D eigenvalue weighted by Gasteiger charge is -2.29. The first-order valence-electron chi connectivity index (χ1n) is 11.8. The number of carbonyl (C=O) groups is 1. The molecule has 1 fully saturated rings. The van der Waals surface area contributed by atoms with Crippen molar-refractivity contribution in [3.8, 4) is 16.2 Å². The zero-order valence-electron chi connectivity index (χ0n) is 20.9. The second-order valence-electron chi connectivity index (χ2n) is 9.45. The van der Waals surface area contributed by atoms with Gasteiger partial charge in [0.25, 0.3) is 0 Å². The minimum Gasteiger partial charge on any atom is -0.495 e. The smallest absolute Gasteiger partial charge is 0.244 e. The number of sulfonamides is 1. The first kappa shape index (κ1) is 26.1. The fourth-order valence-corrected chi connectivity index (χ4v) is 6.97. The van der Waals surface area contributed by atoms with Gasteiger partial charge in [-0.2, -0.15) is 0 Å². The van der Waals surface area contributed by atoms with Crippen molar-refractivity contribution >= 4 is 32.9 Å². The maximum atomic E-state index is 13.4. The monoisotopic (exact) mass is 528 g/mol. The number of amides is 1. The lowest BCUT2D eigenvalue weighted by atomic mass is 9.95. The largest absolute Gasteiger partial charge is 0.495 e. The summed E-state index contributed by atoms with van der Waals surface area (Å²) in [7, 11) is -2.38. The van der Waals surface area contributed by atoms with Crippen LogP contribution in [0.1, 0.15) is 37.9 Å². The lowest BCUT2D eigenvalue weighted by Crippen LogP contribution is -2.44. The summed E-state index contributed by atoms with van der Waals surface area (Å²) in [5, 5.41) is 4.28. The summed E-state index contributed by atoms with van der Waals surface area (Å²) in [6, 6.07) is 15.1. The van der Waals surface area contributed by atoms with Gasteiger partial charge in [-0.15, -0.1) is 0 Å². The molecular formula is C26H32N4O4S2. The highest BCUT2D eigenvalue weighted by atomic mass is 32.2. The van der Waals surface area contributed by atoms with Crippen LogP contribution in [0.25, 0.3) is 10.4 Å². The number of carbonyl (C=O) groups excluding carboxylic acids is 1. The molecule has 1 amide bonds. The summed E-state index contributed by atoms with van der Waals surface area (Å²) >= 11 is 1.49. The number of aryl methyl sites for hydroxylation is 1. The fraction of sp³-hybridized carbons (Fsp3) is 0.385. The van der Waals surface area contributed by atoms with E-state index in [9.17, 15) is 13.2 Å². The lowest BCUT2D eigenvalue weighted by molar-refractivity contribution is -0.119. The number of nitrogens with zero attached hydrogens (tertiary/aromatic N) is 2. The van der Waals surface area contributed by atoms with Crippen molar-refractivity contribution in [2.75, 3.05) is 25.5 Å². The molecule has 1 aliphatic rings. The second-order valence-corrected chi connectivity index (χ2v) is 12.1. The molecule has 0 radical (unpaired) electrons. The Balaban J connectivity index is 1.60. The van der Waals surface area contributed by atoms with Crippen LogP contribution in [0, 0.1) is 6.92 Å². The maximum absolute atomic E-state index is 13.4. The highest BCUT2D eigenvalue weighted by molar-refractivity contribution is 7.89. The predicted molar refractivity (Wildman–Crippen MR) is 143 cm³/mol. The number of thiazole rings is 1. The van der Waals surface area contributed by atoms with Crippen molar-refractivity contribution in [3.05, 3.63) is 59.8 Å². The van der Waals surface area contributed by atoms with E-state index in [0.717, 1.165) is 33.2 Å². The Morgan fingerprint density at radius 3 is 2.47 bits per heavy atom. The summed E-state index contributed by atoms with van der Waals surface area (Å²) in [6.07, 6.45) is 1.94. The van der Waals surface area contributed by atoms with Crippen molar-refractivity contribution in [3.63, 3.8) is 0 Å². The Morgan fingerprint density at radius 1 is 1.14 bits per heavy atom. The SMILES string of the molecule is COc1ccc(-c2sc(NC(C)(C)c3ccccc3)nc2C)cc1S(=O)(=O)NC1CCN(C=O)CC1. The number of rotatable bonds is 9. The van der Waals surface area contributed by atoms with E-state index in [2.05, 4.69) is 36.0 Å². The van der Waals surface area contributed by atoms with Crippen molar-refractivity contribution in [1.29, 1.82) is 0 Å². The number of anilines is 1. The van der Waals surface area contributed by atoms with E-state index in [-0.39, 0.29) is 22.2 Å². The molecule has 2 aromatic carbocycles. The summed E-state index contributed by atoms with van der Waals surface area (Å²) in [5.41, 5.74) is 2.38. The standard InChI is InChI=1S/C26H32N4O4S2/c1-18-24(35-25(27-18)28-26(2,3)20-8-6-5-7-9-20)19-10-11-22(34-4)23(16-19)36(32,33)29-21-12-14-30(17-31)15-13-21/h5-11,16-17,21,29H,12-15H2,1-4H3,(H,27,28). The van der Waals surface area contributed by atoms with Gasteiger partial charge in [0, 0.05) is 19.1 Å². The van der Waals surface area contributed by atoms with Gasteiger partial charge in [-0.1, -0.05) is 41.7 Å². The summed E-state index contributed by atoms with van der Waals surface area (Å²) in [6.45, 7) is 7.18. The Labute approximate surface area is 216 Å².